The van der Waals surface area contributed by atoms with Gasteiger partial charge in [-0.1, -0.05) is 17.7 Å². The van der Waals surface area contributed by atoms with E-state index >= 15 is 0 Å². The average Bonchev–Trinajstić information content (AvgIpc) is 1.96. The fourth-order valence-electron chi connectivity index (χ4n) is 0.938. The van der Waals surface area contributed by atoms with Gasteiger partial charge in [0.1, 0.15) is 11.0 Å². The summed E-state index contributed by atoms with van der Waals surface area (Å²) in [6.07, 6.45) is 1.64. The number of hydrogen-bond acceptors (Lipinski definition) is 2. The quantitative estimate of drug-likeness (QED) is 0.514. The first-order chi connectivity index (χ1) is 5.65. The van der Waals surface area contributed by atoms with Crippen molar-refractivity contribution in [3.8, 4) is 0 Å². The lowest BCUT2D eigenvalue weighted by Crippen LogP contribution is -2.21. The Bertz CT molecular complexity index is 357. The van der Waals surface area contributed by atoms with Crippen molar-refractivity contribution in [2.45, 2.75) is 13.5 Å². The second kappa shape index (κ2) is 3.54. The number of aromatic nitrogens is 2. The Hall–Kier alpha value is -1.09. The Morgan fingerprint density at radius 1 is 1.83 bits per heavy atom. The van der Waals surface area contributed by atoms with E-state index in [4.69, 9.17) is 11.6 Å². The van der Waals surface area contributed by atoms with Crippen LogP contribution in [0.2, 0.25) is 5.15 Å². The predicted molar refractivity (Wildman–Crippen MR) is 48.4 cm³/mol. The van der Waals surface area contributed by atoms with Crippen molar-refractivity contribution in [2.24, 2.45) is 0 Å². The Labute approximate surface area is 75.3 Å². The van der Waals surface area contributed by atoms with Gasteiger partial charge in [0.05, 0.1) is 0 Å². The van der Waals surface area contributed by atoms with Crippen LogP contribution in [0, 0.1) is 6.92 Å². The van der Waals surface area contributed by atoms with E-state index in [1.807, 2.05) is 0 Å². The molecule has 0 aromatic carbocycles. The molecule has 0 bridgehead atoms. The molecule has 4 heteroatoms. The van der Waals surface area contributed by atoms with Crippen LogP contribution in [0.15, 0.2) is 23.5 Å². The van der Waals surface area contributed by atoms with Gasteiger partial charge in [0.25, 0.3) is 5.56 Å². The van der Waals surface area contributed by atoms with Crippen LogP contribution in [-0.2, 0) is 6.54 Å². The maximum Gasteiger partial charge on any atom is 0.255 e. The fourth-order valence-corrected chi connectivity index (χ4v) is 1.15. The number of rotatable bonds is 2. The smallest absolute Gasteiger partial charge is 0.255 e. The zero-order valence-electron chi connectivity index (χ0n) is 6.75. The van der Waals surface area contributed by atoms with Crippen molar-refractivity contribution < 1.29 is 0 Å². The highest BCUT2D eigenvalue weighted by atomic mass is 35.5. The molecule has 0 aliphatic heterocycles. The van der Waals surface area contributed by atoms with E-state index in [0.29, 0.717) is 12.4 Å². The number of aryl methyl sites for hydroxylation is 1. The van der Waals surface area contributed by atoms with Crippen LogP contribution in [0.4, 0.5) is 0 Å². The molecule has 1 heterocycles. The molecular weight excluding hydrogens is 176 g/mol. The van der Waals surface area contributed by atoms with Gasteiger partial charge in [-0.3, -0.25) is 9.36 Å². The molecule has 0 spiro atoms. The normalized spacial score (nSPS) is 9.83. The summed E-state index contributed by atoms with van der Waals surface area (Å²) in [5, 5.41) is 0.234. The molecule has 1 aromatic rings. The maximum absolute atomic E-state index is 11.2. The molecule has 0 N–H and O–H groups in total. The number of hydrogen-bond donors (Lipinski definition) is 0. The number of halogens is 1. The molecule has 1 aromatic heterocycles. The lowest BCUT2D eigenvalue weighted by molar-refractivity contribution is 0.716. The van der Waals surface area contributed by atoms with Crippen LogP contribution < -0.4 is 5.56 Å². The predicted octanol–water partition coefficient (Wildman–Crippen LogP) is 1.39. The monoisotopic (exact) mass is 184 g/mol. The topological polar surface area (TPSA) is 34.9 Å². The molecule has 3 nitrogen and oxygen atoms in total. The molecule has 0 unspecified atom stereocenters. The molecule has 0 atom stereocenters. The largest absolute Gasteiger partial charge is 0.293 e. The van der Waals surface area contributed by atoms with Gasteiger partial charge in [-0.05, 0) is 6.92 Å². The van der Waals surface area contributed by atoms with Crippen molar-refractivity contribution in [3.63, 3.8) is 0 Å². The zero-order chi connectivity index (χ0) is 9.14. The Kier molecular flexibility index (Phi) is 2.65. The van der Waals surface area contributed by atoms with Crippen LogP contribution >= 0.6 is 11.6 Å². The van der Waals surface area contributed by atoms with Crippen molar-refractivity contribution in [2.75, 3.05) is 0 Å². The van der Waals surface area contributed by atoms with E-state index in [0.717, 1.165) is 0 Å². The summed E-state index contributed by atoms with van der Waals surface area (Å²) in [6, 6.07) is 1.29. The second-order valence-electron chi connectivity index (χ2n) is 2.36. The Balaban J connectivity index is 3.28. The van der Waals surface area contributed by atoms with Crippen LogP contribution in [0.3, 0.4) is 0 Å². The molecule has 0 amide bonds. The highest BCUT2D eigenvalue weighted by molar-refractivity contribution is 6.29. The van der Waals surface area contributed by atoms with Gasteiger partial charge in [0.15, 0.2) is 0 Å². The third kappa shape index (κ3) is 1.74. The minimum absolute atomic E-state index is 0.146. The first kappa shape index (κ1) is 9.00. The van der Waals surface area contributed by atoms with Gasteiger partial charge in [-0.15, -0.1) is 6.58 Å². The number of allylic oxidation sites excluding steroid dienone is 1. The van der Waals surface area contributed by atoms with Crippen LogP contribution in [0.1, 0.15) is 5.82 Å². The molecule has 64 valence electrons. The van der Waals surface area contributed by atoms with Crippen molar-refractivity contribution in [3.05, 3.63) is 40.1 Å². The van der Waals surface area contributed by atoms with Crippen molar-refractivity contribution in [1.29, 1.82) is 0 Å². The average molecular weight is 185 g/mol. The lowest BCUT2D eigenvalue weighted by Gasteiger charge is -2.04. The van der Waals surface area contributed by atoms with E-state index in [9.17, 15) is 4.79 Å². The minimum atomic E-state index is -0.146. The number of nitrogens with zero attached hydrogens (tertiary/aromatic N) is 2. The van der Waals surface area contributed by atoms with Gasteiger partial charge in [-0.2, -0.15) is 0 Å². The summed E-state index contributed by atoms with van der Waals surface area (Å²) in [4.78, 5) is 15.2. The molecule has 0 aliphatic rings. The summed E-state index contributed by atoms with van der Waals surface area (Å²) in [5.74, 6) is 0.604. The molecular formula is C8H9ClN2O. The van der Waals surface area contributed by atoms with Gasteiger partial charge >= 0.3 is 0 Å². The van der Waals surface area contributed by atoms with Crippen LogP contribution in [-0.4, -0.2) is 9.55 Å². The third-order valence-electron chi connectivity index (χ3n) is 1.48. The highest BCUT2D eigenvalue weighted by Gasteiger charge is 2.00. The van der Waals surface area contributed by atoms with Crippen LogP contribution in [0.25, 0.3) is 0 Å². The van der Waals surface area contributed by atoms with Gasteiger partial charge in [0.2, 0.25) is 0 Å². The van der Waals surface area contributed by atoms with E-state index in [2.05, 4.69) is 11.6 Å². The summed E-state index contributed by atoms with van der Waals surface area (Å²) in [7, 11) is 0. The molecule has 1 rings (SSSR count). The molecule has 12 heavy (non-hydrogen) atoms. The lowest BCUT2D eigenvalue weighted by atomic mass is 10.5. The standard InChI is InChI=1S/C8H9ClN2O/c1-3-4-11-6(2)10-7(9)5-8(11)12/h3,5H,1,4H2,2H3. The maximum atomic E-state index is 11.2. The first-order valence-electron chi connectivity index (χ1n) is 3.50. The third-order valence-corrected chi connectivity index (χ3v) is 1.67. The van der Waals surface area contributed by atoms with Gasteiger partial charge in [0, 0.05) is 12.6 Å². The van der Waals surface area contributed by atoms with Gasteiger partial charge < -0.3 is 0 Å². The molecule has 0 saturated heterocycles. The van der Waals surface area contributed by atoms with E-state index in [1.165, 1.54) is 10.6 Å². The Morgan fingerprint density at radius 3 is 3.00 bits per heavy atom. The highest BCUT2D eigenvalue weighted by Crippen LogP contribution is 2.00. The first-order valence-corrected chi connectivity index (χ1v) is 3.88. The zero-order valence-corrected chi connectivity index (χ0v) is 7.51. The summed E-state index contributed by atoms with van der Waals surface area (Å²) < 4.78 is 1.50. The van der Waals surface area contributed by atoms with E-state index in [-0.39, 0.29) is 10.7 Å². The summed E-state index contributed by atoms with van der Waals surface area (Å²) >= 11 is 5.57. The molecule has 0 saturated carbocycles. The molecule has 0 fully saturated rings. The molecule has 0 aliphatic carbocycles. The fraction of sp³-hybridized carbons (Fsp3) is 0.250. The van der Waals surface area contributed by atoms with Crippen LogP contribution in [0.5, 0.6) is 0 Å². The van der Waals surface area contributed by atoms with E-state index < -0.39 is 0 Å². The molecule has 0 radical (unpaired) electrons. The van der Waals surface area contributed by atoms with E-state index in [1.54, 1.807) is 13.0 Å². The second-order valence-corrected chi connectivity index (χ2v) is 2.75. The van der Waals surface area contributed by atoms with Crippen molar-refractivity contribution in [1.82, 2.24) is 9.55 Å². The van der Waals surface area contributed by atoms with Gasteiger partial charge in [-0.25, -0.2) is 4.98 Å². The Morgan fingerprint density at radius 2 is 2.50 bits per heavy atom. The SMILES string of the molecule is C=CCn1c(C)nc(Cl)cc1=O. The summed E-state index contributed by atoms with van der Waals surface area (Å²) in [5.41, 5.74) is -0.146. The van der Waals surface area contributed by atoms with Crippen molar-refractivity contribution >= 4 is 11.6 Å². The minimum Gasteiger partial charge on any atom is -0.293 e. The summed E-state index contributed by atoms with van der Waals surface area (Å²) in [6.45, 7) is 5.74.